The highest BCUT2D eigenvalue weighted by Gasteiger charge is 2.23. The molecule has 1 aliphatic rings. The van der Waals surface area contributed by atoms with Gasteiger partial charge in [0.2, 0.25) is 0 Å². The zero-order valence-corrected chi connectivity index (χ0v) is 7.43. The summed E-state index contributed by atoms with van der Waals surface area (Å²) in [5.74, 6) is 0.344. The van der Waals surface area contributed by atoms with E-state index in [1.807, 2.05) is 0 Å². The average Bonchev–Trinajstić information content (AvgIpc) is 2.05. The largest absolute Gasteiger partial charge is 0.508 e. The van der Waals surface area contributed by atoms with Crippen LogP contribution in [0.5, 0.6) is 5.75 Å². The van der Waals surface area contributed by atoms with E-state index in [1.165, 1.54) is 18.2 Å². The Bertz CT molecular complexity index is 374. The Morgan fingerprint density at radius 1 is 1.50 bits per heavy atom. The molecule has 1 aliphatic heterocycles. The van der Waals surface area contributed by atoms with Crippen LogP contribution in [0.15, 0.2) is 18.2 Å². The van der Waals surface area contributed by atoms with E-state index in [0.717, 1.165) is 13.1 Å². The molecule has 0 aromatic heterocycles. The Labute approximate surface area is 80.5 Å². The summed E-state index contributed by atoms with van der Waals surface area (Å²) < 4.78 is 0. The Morgan fingerprint density at radius 3 is 2.71 bits per heavy atom. The van der Waals surface area contributed by atoms with Crippen LogP contribution in [0.2, 0.25) is 0 Å². The molecule has 1 aromatic rings. The van der Waals surface area contributed by atoms with Gasteiger partial charge in [-0.1, -0.05) is 0 Å². The second-order valence-corrected chi connectivity index (χ2v) is 3.36. The van der Waals surface area contributed by atoms with Gasteiger partial charge in [0.15, 0.2) is 0 Å². The van der Waals surface area contributed by atoms with Gasteiger partial charge >= 0.3 is 0 Å². The maximum Gasteiger partial charge on any atom is 0.269 e. The molecule has 74 valence electrons. The van der Waals surface area contributed by atoms with E-state index >= 15 is 0 Å². The number of benzene rings is 1. The number of aromatic hydroxyl groups is 1. The quantitative estimate of drug-likeness (QED) is 0.543. The minimum atomic E-state index is -0.449. The van der Waals surface area contributed by atoms with Gasteiger partial charge < -0.3 is 10.4 Å². The smallest absolute Gasteiger partial charge is 0.269 e. The molecule has 2 rings (SSSR count). The van der Waals surface area contributed by atoms with Crippen LogP contribution in [0.4, 0.5) is 5.69 Å². The van der Waals surface area contributed by atoms with Crippen molar-refractivity contribution in [2.24, 2.45) is 0 Å². The number of nitrogens with one attached hydrogen (secondary N) is 1. The third-order valence-corrected chi connectivity index (χ3v) is 2.44. The minimum Gasteiger partial charge on any atom is -0.508 e. The molecule has 1 heterocycles. The lowest BCUT2D eigenvalue weighted by Gasteiger charge is -2.27. The van der Waals surface area contributed by atoms with Gasteiger partial charge in [-0.2, -0.15) is 0 Å². The summed E-state index contributed by atoms with van der Waals surface area (Å²) in [6, 6.07) is 4.14. The van der Waals surface area contributed by atoms with Crippen LogP contribution < -0.4 is 5.32 Å². The van der Waals surface area contributed by atoms with Crippen molar-refractivity contribution in [1.29, 1.82) is 0 Å². The summed E-state index contributed by atoms with van der Waals surface area (Å²) in [7, 11) is 0. The van der Waals surface area contributed by atoms with Gasteiger partial charge in [0.1, 0.15) is 5.75 Å². The molecule has 0 unspecified atom stereocenters. The molecule has 0 radical (unpaired) electrons. The van der Waals surface area contributed by atoms with Gasteiger partial charge in [-0.3, -0.25) is 10.1 Å². The number of nitro groups is 1. The van der Waals surface area contributed by atoms with Crippen LogP contribution in [-0.4, -0.2) is 23.1 Å². The number of phenolic OH excluding ortho intramolecular Hbond substituents is 1. The van der Waals surface area contributed by atoms with Crippen molar-refractivity contribution in [2.45, 2.75) is 5.92 Å². The Kier molecular flexibility index (Phi) is 2.09. The van der Waals surface area contributed by atoms with E-state index in [1.54, 1.807) is 0 Å². The van der Waals surface area contributed by atoms with Gasteiger partial charge in [0.05, 0.1) is 4.92 Å². The maximum absolute atomic E-state index is 10.5. The topological polar surface area (TPSA) is 75.4 Å². The molecule has 0 bridgehead atoms. The molecule has 5 nitrogen and oxygen atoms in total. The standard InChI is InChI=1S/C9H10N2O3/c12-9-2-1-7(11(13)14)3-8(9)6-4-10-5-6/h1-3,6,10,12H,4-5H2. The summed E-state index contributed by atoms with van der Waals surface area (Å²) in [4.78, 5) is 10.1. The van der Waals surface area contributed by atoms with Crippen molar-refractivity contribution in [3.8, 4) is 5.75 Å². The predicted molar refractivity (Wildman–Crippen MR) is 50.4 cm³/mol. The third kappa shape index (κ3) is 1.42. The SMILES string of the molecule is O=[N+]([O-])c1ccc(O)c(C2CNC2)c1. The Balaban J connectivity index is 2.36. The van der Waals surface area contributed by atoms with Crippen molar-refractivity contribution < 1.29 is 10.0 Å². The fourth-order valence-corrected chi connectivity index (χ4v) is 1.49. The van der Waals surface area contributed by atoms with Crippen LogP contribution in [0, 0.1) is 10.1 Å². The van der Waals surface area contributed by atoms with Crippen LogP contribution in [0.1, 0.15) is 11.5 Å². The highest BCUT2D eigenvalue weighted by atomic mass is 16.6. The van der Waals surface area contributed by atoms with Gasteiger partial charge in [-0.15, -0.1) is 0 Å². The first-order chi connectivity index (χ1) is 6.68. The number of hydrogen-bond acceptors (Lipinski definition) is 4. The van der Waals surface area contributed by atoms with Crippen molar-refractivity contribution in [3.05, 3.63) is 33.9 Å². The Hall–Kier alpha value is -1.62. The number of hydrogen-bond donors (Lipinski definition) is 2. The van der Waals surface area contributed by atoms with Crippen molar-refractivity contribution >= 4 is 5.69 Å². The number of rotatable bonds is 2. The normalized spacial score (nSPS) is 16.3. The molecular formula is C9H10N2O3. The summed E-state index contributed by atoms with van der Waals surface area (Å²) in [6.07, 6.45) is 0. The molecule has 14 heavy (non-hydrogen) atoms. The molecule has 0 amide bonds. The first-order valence-corrected chi connectivity index (χ1v) is 4.36. The molecule has 0 saturated carbocycles. The van der Waals surface area contributed by atoms with E-state index < -0.39 is 4.92 Å². The Morgan fingerprint density at radius 2 is 2.21 bits per heavy atom. The first-order valence-electron chi connectivity index (χ1n) is 4.36. The molecule has 0 spiro atoms. The molecule has 2 N–H and O–H groups in total. The molecule has 0 atom stereocenters. The molecule has 1 aromatic carbocycles. The van der Waals surface area contributed by atoms with Crippen LogP contribution in [-0.2, 0) is 0 Å². The summed E-state index contributed by atoms with van der Waals surface area (Å²) >= 11 is 0. The maximum atomic E-state index is 10.5. The molecule has 1 fully saturated rings. The molecule has 1 saturated heterocycles. The monoisotopic (exact) mass is 194 g/mol. The van der Waals surface area contributed by atoms with E-state index in [2.05, 4.69) is 5.32 Å². The fourth-order valence-electron chi connectivity index (χ4n) is 1.49. The summed E-state index contributed by atoms with van der Waals surface area (Å²) in [5, 5.41) is 23.1. The zero-order chi connectivity index (χ0) is 10.1. The van der Waals surface area contributed by atoms with Gasteiger partial charge in [-0.25, -0.2) is 0 Å². The predicted octanol–water partition coefficient (Wildman–Crippen LogP) is 0.987. The second-order valence-electron chi connectivity index (χ2n) is 3.36. The number of nitro benzene ring substituents is 1. The highest BCUT2D eigenvalue weighted by molar-refractivity contribution is 5.45. The van der Waals surface area contributed by atoms with Crippen LogP contribution in [0.25, 0.3) is 0 Å². The number of non-ortho nitro benzene ring substituents is 1. The van der Waals surface area contributed by atoms with Gasteiger partial charge in [-0.05, 0) is 6.07 Å². The van der Waals surface area contributed by atoms with Gasteiger partial charge in [0, 0.05) is 36.7 Å². The van der Waals surface area contributed by atoms with E-state index in [0.29, 0.717) is 5.56 Å². The average molecular weight is 194 g/mol. The zero-order valence-electron chi connectivity index (χ0n) is 7.43. The lowest BCUT2D eigenvalue weighted by molar-refractivity contribution is -0.385. The minimum absolute atomic E-state index is 0.0321. The number of nitrogens with zero attached hydrogens (tertiary/aromatic N) is 1. The first kappa shape index (κ1) is 8.96. The van der Waals surface area contributed by atoms with E-state index in [-0.39, 0.29) is 17.4 Å². The van der Waals surface area contributed by atoms with Crippen molar-refractivity contribution in [3.63, 3.8) is 0 Å². The van der Waals surface area contributed by atoms with Crippen molar-refractivity contribution in [1.82, 2.24) is 5.32 Å². The van der Waals surface area contributed by atoms with Crippen molar-refractivity contribution in [2.75, 3.05) is 13.1 Å². The fraction of sp³-hybridized carbons (Fsp3) is 0.333. The van der Waals surface area contributed by atoms with E-state index in [9.17, 15) is 15.2 Å². The lowest BCUT2D eigenvalue weighted by atomic mass is 9.92. The number of phenols is 1. The summed E-state index contributed by atoms with van der Waals surface area (Å²) in [6.45, 7) is 1.55. The van der Waals surface area contributed by atoms with Crippen LogP contribution >= 0.6 is 0 Å². The third-order valence-electron chi connectivity index (χ3n) is 2.44. The van der Waals surface area contributed by atoms with Crippen LogP contribution in [0.3, 0.4) is 0 Å². The van der Waals surface area contributed by atoms with E-state index in [4.69, 9.17) is 0 Å². The van der Waals surface area contributed by atoms with Gasteiger partial charge in [0.25, 0.3) is 5.69 Å². The molecule has 5 heteroatoms. The second kappa shape index (κ2) is 3.26. The lowest BCUT2D eigenvalue weighted by Crippen LogP contribution is -2.39. The highest BCUT2D eigenvalue weighted by Crippen LogP contribution is 2.31. The molecular weight excluding hydrogens is 184 g/mol. The summed E-state index contributed by atoms with van der Waals surface area (Å²) in [5.41, 5.74) is 0.697. The molecule has 0 aliphatic carbocycles.